The van der Waals surface area contributed by atoms with Crippen molar-refractivity contribution in [3.8, 4) is 67.5 Å². The van der Waals surface area contributed by atoms with Crippen LogP contribution in [0, 0.1) is 0 Å². The van der Waals surface area contributed by atoms with Crippen molar-refractivity contribution in [1.29, 1.82) is 0 Å². The van der Waals surface area contributed by atoms with E-state index in [-0.39, 0.29) is 11.3 Å². The smallest absolute Gasteiger partial charge is 0.186 e. The van der Waals surface area contributed by atoms with E-state index in [1.165, 1.54) is 16.9 Å². The molecule has 264 valence electrons. The van der Waals surface area contributed by atoms with Gasteiger partial charge >= 0.3 is 0 Å². The van der Waals surface area contributed by atoms with Crippen molar-refractivity contribution in [2.45, 2.75) is 6.42 Å². The average molecular weight is 732 g/mol. The maximum absolute atomic E-state index is 12.1. The minimum atomic E-state index is -0.548. The number of fused-ring (bicyclic) bond motifs is 6. The van der Waals surface area contributed by atoms with Crippen molar-refractivity contribution in [2.24, 2.45) is 0 Å². The second-order valence-electron chi connectivity index (χ2n) is 13.9. The highest BCUT2D eigenvalue weighted by Crippen LogP contribution is 2.60. The van der Waals surface area contributed by atoms with E-state index in [4.69, 9.17) is 0 Å². The number of phenols is 4. The van der Waals surface area contributed by atoms with E-state index >= 15 is 0 Å². The molecule has 4 N–H and O–H groups in total. The molecule has 0 saturated carbocycles. The number of hydrogen-bond acceptors (Lipinski definition) is 6. The Morgan fingerprint density at radius 2 is 0.964 bits per heavy atom. The minimum absolute atomic E-state index is 0.0335. The minimum Gasteiger partial charge on any atom is -0.504 e. The summed E-state index contributed by atoms with van der Waals surface area (Å²) in [5, 5.41) is 50.0. The number of benzene rings is 8. The summed E-state index contributed by atoms with van der Waals surface area (Å²) >= 11 is 1.53. The summed E-state index contributed by atoms with van der Waals surface area (Å²) in [4.78, 5) is 1.73. The van der Waals surface area contributed by atoms with Crippen LogP contribution in [-0.4, -0.2) is 20.4 Å². The molecule has 1 heterocycles. The van der Waals surface area contributed by atoms with Gasteiger partial charge in [0.2, 0.25) is 0 Å². The molecule has 55 heavy (non-hydrogen) atoms. The van der Waals surface area contributed by atoms with Crippen LogP contribution in [0.1, 0.15) is 11.1 Å². The lowest BCUT2D eigenvalue weighted by molar-refractivity contribution is 0.377. The molecule has 0 atom stereocenters. The Kier molecular flexibility index (Phi) is 7.61. The third-order valence-electron chi connectivity index (χ3n) is 10.8. The van der Waals surface area contributed by atoms with E-state index in [2.05, 4.69) is 54.6 Å². The molecule has 8 aromatic carbocycles. The van der Waals surface area contributed by atoms with E-state index in [1.54, 1.807) is 11.0 Å². The van der Waals surface area contributed by atoms with Crippen LogP contribution in [-0.2, 0) is 6.42 Å². The molecule has 9 aromatic rings. The topological polar surface area (TPSA) is 84.2 Å². The first-order valence-electron chi connectivity index (χ1n) is 18.1. The molecule has 0 fully saturated rings. The fourth-order valence-electron chi connectivity index (χ4n) is 8.13. The average Bonchev–Trinajstić information content (AvgIpc) is 3.82. The van der Waals surface area contributed by atoms with Gasteiger partial charge < -0.3 is 25.3 Å². The Morgan fingerprint density at radius 1 is 0.418 bits per heavy atom. The highest BCUT2D eigenvalue weighted by Gasteiger charge is 2.33. The van der Waals surface area contributed by atoms with Crippen LogP contribution in [0.25, 0.3) is 64.7 Å². The molecule has 0 saturated heterocycles. The van der Waals surface area contributed by atoms with Gasteiger partial charge in [0, 0.05) is 37.0 Å². The predicted molar refractivity (Wildman–Crippen MR) is 225 cm³/mol. The highest BCUT2D eigenvalue weighted by molar-refractivity contribution is 7.26. The van der Waals surface area contributed by atoms with Crippen molar-refractivity contribution in [1.82, 2.24) is 0 Å². The zero-order chi connectivity index (χ0) is 37.2. The second kappa shape index (κ2) is 12.8. The summed E-state index contributed by atoms with van der Waals surface area (Å²) in [7, 11) is 0. The van der Waals surface area contributed by atoms with Crippen molar-refractivity contribution >= 4 is 48.6 Å². The lowest BCUT2D eigenvalue weighted by atomic mass is 9.97. The standard InChI is InChI=1S/C49H33NO4S/c51-45-43(39-17-9-16-38-37-15-6-7-19-41(37)55-49(38)39)46(52)48(54)44(47(45)53)50(40-18-8-13-34-28-33-12-4-5-14-36(33)42(34)40)35-26-24-32(25-27-35)31-22-20-30(21-23-31)29-10-2-1-3-11-29/h1-27,51-54H,28H2. The molecule has 1 aromatic heterocycles. The maximum Gasteiger partial charge on any atom is 0.186 e. The van der Waals surface area contributed by atoms with Gasteiger partial charge in [-0.15, -0.1) is 11.3 Å². The molecular formula is C49H33NO4S. The first kappa shape index (κ1) is 32.6. The highest BCUT2D eigenvalue weighted by atomic mass is 32.1. The van der Waals surface area contributed by atoms with E-state index < -0.39 is 23.0 Å². The van der Waals surface area contributed by atoms with Crippen molar-refractivity contribution in [3.05, 3.63) is 175 Å². The summed E-state index contributed by atoms with van der Waals surface area (Å²) in [5.41, 5.74) is 10.2. The van der Waals surface area contributed by atoms with E-state index in [0.29, 0.717) is 16.9 Å². The number of hydrogen-bond donors (Lipinski definition) is 4. The Labute approximate surface area is 321 Å². The Hall–Kier alpha value is -7.02. The van der Waals surface area contributed by atoms with Crippen LogP contribution < -0.4 is 4.90 Å². The molecule has 1 aliphatic rings. The van der Waals surface area contributed by atoms with Gasteiger partial charge in [0.25, 0.3) is 0 Å². The first-order valence-corrected chi connectivity index (χ1v) is 18.9. The largest absolute Gasteiger partial charge is 0.504 e. The molecule has 1 aliphatic carbocycles. The Morgan fingerprint density at radius 3 is 1.69 bits per heavy atom. The normalized spacial score (nSPS) is 11.9. The van der Waals surface area contributed by atoms with Gasteiger partial charge in [0.05, 0.1) is 11.3 Å². The predicted octanol–water partition coefficient (Wildman–Crippen LogP) is 12.9. The van der Waals surface area contributed by atoms with Gasteiger partial charge in [0.15, 0.2) is 23.0 Å². The molecule has 0 bridgehead atoms. The molecule has 0 aliphatic heterocycles. The summed E-state index contributed by atoms with van der Waals surface area (Å²) in [5.74, 6) is -2.15. The molecule has 0 unspecified atom stereocenters. The van der Waals surface area contributed by atoms with Gasteiger partial charge in [-0.25, -0.2) is 0 Å². The van der Waals surface area contributed by atoms with Gasteiger partial charge in [-0.05, 0) is 69.6 Å². The zero-order valence-electron chi connectivity index (χ0n) is 29.4. The molecule has 0 spiro atoms. The van der Waals surface area contributed by atoms with Gasteiger partial charge in [-0.1, -0.05) is 140 Å². The number of thiophene rings is 1. The lowest BCUT2D eigenvalue weighted by Crippen LogP contribution is -2.12. The van der Waals surface area contributed by atoms with Crippen LogP contribution in [0.5, 0.6) is 23.0 Å². The van der Waals surface area contributed by atoms with E-state index in [9.17, 15) is 20.4 Å². The molecule has 10 rings (SSSR count). The van der Waals surface area contributed by atoms with Crippen molar-refractivity contribution < 1.29 is 20.4 Å². The third-order valence-corrected chi connectivity index (χ3v) is 12.0. The summed E-state index contributed by atoms with van der Waals surface area (Å²) in [6.07, 6.45) is 0.734. The quantitative estimate of drug-likeness (QED) is 0.101. The van der Waals surface area contributed by atoms with Crippen LogP contribution in [0.3, 0.4) is 0 Å². The summed E-state index contributed by atoms with van der Waals surface area (Å²) in [6.45, 7) is 0. The molecule has 0 amide bonds. The summed E-state index contributed by atoms with van der Waals surface area (Å²) in [6, 6.07) is 54.4. The van der Waals surface area contributed by atoms with Gasteiger partial charge in [0.1, 0.15) is 5.69 Å². The molecular weight excluding hydrogens is 699 g/mol. The van der Waals surface area contributed by atoms with Crippen LogP contribution in [0.4, 0.5) is 17.1 Å². The fraction of sp³-hybridized carbons (Fsp3) is 0.0204. The second-order valence-corrected chi connectivity index (χ2v) is 14.9. The number of nitrogens with zero attached hydrogens (tertiary/aromatic N) is 1. The lowest BCUT2D eigenvalue weighted by Gasteiger charge is -2.30. The first-order chi connectivity index (χ1) is 27.0. The van der Waals surface area contributed by atoms with Gasteiger partial charge in [-0.3, -0.25) is 0 Å². The number of rotatable bonds is 6. The third kappa shape index (κ3) is 5.22. The molecule has 0 radical (unpaired) electrons. The Bertz CT molecular complexity index is 2900. The SMILES string of the molecule is Oc1c(O)c(N(c2ccc(-c3ccc(-c4ccccc4)cc3)cc2)c2cccc3c2-c2ccccc2C3)c(O)c(O)c1-c1cccc2c1sc1ccccc12. The molecule has 5 nitrogen and oxygen atoms in total. The maximum atomic E-state index is 12.1. The zero-order valence-corrected chi connectivity index (χ0v) is 30.3. The summed E-state index contributed by atoms with van der Waals surface area (Å²) < 4.78 is 1.87. The number of aromatic hydroxyl groups is 4. The van der Waals surface area contributed by atoms with Crippen LogP contribution >= 0.6 is 11.3 Å². The van der Waals surface area contributed by atoms with Crippen molar-refractivity contribution in [2.75, 3.05) is 4.90 Å². The van der Waals surface area contributed by atoms with E-state index in [0.717, 1.165) is 65.5 Å². The fourth-order valence-corrected chi connectivity index (χ4v) is 9.35. The van der Waals surface area contributed by atoms with Crippen LogP contribution in [0.15, 0.2) is 164 Å². The van der Waals surface area contributed by atoms with Gasteiger partial charge in [-0.2, -0.15) is 0 Å². The molecule has 6 heteroatoms. The van der Waals surface area contributed by atoms with Crippen LogP contribution in [0.2, 0.25) is 0 Å². The number of anilines is 3. The number of phenolic OH excluding ortho intramolecular Hbond substituents is 4. The Balaban J connectivity index is 1.15. The monoisotopic (exact) mass is 731 g/mol. The van der Waals surface area contributed by atoms with Crippen molar-refractivity contribution in [3.63, 3.8) is 0 Å². The van der Waals surface area contributed by atoms with E-state index in [1.807, 2.05) is 103 Å².